The van der Waals surface area contributed by atoms with E-state index in [-0.39, 0.29) is 23.1 Å². The highest BCUT2D eigenvalue weighted by Gasteiger charge is 2.41. The van der Waals surface area contributed by atoms with Crippen LogP contribution in [0.15, 0.2) is 83.8 Å². The standard InChI is InChI=1S/C31H33ClN2O2/c1-2-29(33)31(23-11-7-4-8-12-23)15-13-24(14-16-31)36-28-19-25-22(17-21-9-5-3-6-10-21)20-34-30(35)26(25)18-27(28)32/h3-12,18-20,24,29H,2,13-17,33H2,1H3,(H,34,35). The van der Waals surface area contributed by atoms with Gasteiger partial charge in [0, 0.05) is 23.0 Å². The lowest BCUT2D eigenvalue weighted by Gasteiger charge is -2.44. The minimum absolute atomic E-state index is 0.0286. The van der Waals surface area contributed by atoms with E-state index in [1.807, 2.05) is 24.3 Å². The van der Waals surface area contributed by atoms with Crippen LogP contribution in [0, 0.1) is 0 Å². The van der Waals surface area contributed by atoms with Gasteiger partial charge in [0.2, 0.25) is 0 Å². The minimum Gasteiger partial charge on any atom is -0.489 e. The first kappa shape index (κ1) is 24.6. The first-order chi connectivity index (χ1) is 17.5. The van der Waals surface area contributed by atoms with Gasteiger partial charge >= 0.3 is 0 Å². The molecule has 4 aromatic rings. The molecule has 1 atom stereocenters. The number of aromatic amines is 1. The smallest absolute Gasteiger partial charge is 0.255 e. The molecule has 0 bridgehead atoms. The van der Waals surface area contributed by atoms with Crippen LogP contribution in [-0.2, 0) is 11.8 Å². The number of aromatic nitrogens is 1. The zero-order chi connectivity index (χ0) is 25.1. The maximum absolute atomic E-state index is 12.6. The second-order valence-corrected chi connectivity index (χ2v) is 10.4. The lowest BCUT2D eigenvalue weighted by atomic mass is 9.64. The Morgan fingerprint density at radius 3 is 2.36 bits per heavy atom. The Morgan fingerprint density at radius 2 is 1.69 bits per heavy atom. The Labute approximate surface area is 217 Å². The largest absolute Gasteiger partial charge is 0.489 e. The summed E-state index contributed by atoms with van der Waals surface area (Å²) in [5.74, 6) is 0.640. The SMILES string of the molecule is CCC(N)C1(c2ccccc2)CCC(Oc2cc3c(Cc4ccccc4)c[nH]c(=O)c3cc2Cl)CC1. The van der Waals surface area contributed by atoms with Crippen molar-refractivity contribution >= 4 is 22.4 Å². The summed E-state index contributed by atoms with van der Waals surface area (Å²) in [7, 11) is 0. The van der Waals surface area contributed by atoms with Gasteiger partial charge in [0.15, 0.2) is 0 Å². The monoisotopic (exact) mass is 500 g/mol. The van der Waals surface area contributed by atoms with Gasteiger partial charge in [-0.3, -0.25) is 4.79 Å². The predicted octanol–water partition coefficient (Wildman–Crippen LogP) is 6.77. The molecule has 1 aliphatic carbocycles. The molecule has 0 aliphatic heterocycles. The summed E-state index contributed by atoms with van der Waals surface area (Å²) in [5, 5.41) is 1.93. The number of nitrogens with one attached hydrogen (secondary N) is 1. The van der Waals surface area contributed by atoms with Crippen molar-refractivity contribution in [1.82, 2.24) is 4.98 Å². The summed E-state index contributed by atoms with van der Waals surface area (Å²) >= 11 is 6.63. The van der Waals surface area contributed by atoms with Crippen LogP contribution in [0.3, 0.4) is 0 Å². The highest BCUT2D eigenvalue weighted by Crippen LogP contribution is 2.44. The van der Waals surface area contributed by atoms with E-state index < -0.39 is 0 Å². The Morgan fingerprint density at radius 1 is 1.03 bits per heavy atom. The van der Waals surface area contributed by atoms with Gasteiger partial charge in [-0.05, 0) is 72.7 Å². The fourth-order valence-electron chi connectivity index (χ4n) is 5.81. The second-order valence-electron chi connectivity index (χ2n) is 9.99. The fourth-order valence-corrected chi connectivity index (χ4v) is 6.01. The van der Waals surface area contributed by atoms with Gasteiger partial charge < -0.3 is 15.5 Å². The molecule has 5 rings (SSSR count). The molecule has 36 heavy (non-hydrogen) atoms. The summed E-state index contributed by atoms with van der Waals surface area (Å²) in [5.41, 5.74) is 10.1. The van der Waals surface area contributed by atoms with E-state index in [0.29, 0.717) is 22.6 Å². The Bertz CT molecular complexity index is 1380. The van der Waals surface area contributed by atoms with E-state index in [2.05, 4.69) is 54.4 Å². The Balaban J connectivity index is 1.40. The lowest BCUT2D eigenvalue weighted by Crippen LogP contribution is -2.48. The third kappa shape index (κ3) is 4.80. The molecule has 0 spiro atoms. The average molecular weight is 501 g/mol. The van der Waals surface area contributed by atoms with Crippen molar-refractivity contribution in [1.29, 1.82) is 0 Å². The molecule has 1 heterocycles. The van der Waals surface area contributed by atoms with Crippen molar-refractivity contribution in [3.05, 3.63) is 111 Å². The van der Waals surface area contributed by atoms with E-state index >= 15 is 0 Å². The summed E-state index contributed by atoms with van der Waals surface area (Å²) < 4.78 is 6.50. The predicted molar refractivity (Wildman–Crippen MR) is 148 cm³/mol. The normalized spacial score (nSPS) is 20.8. The van der Waals surface area contributed by atoms with Crippen LogP contribution in [0.4, 0.5) is 0 Å². The lowest BCUT2D eigenvalue weighted by molar-refractivity contribution is 0.104. The van der Waals surface area contributed by atoms with Crippen molar-refractivity contribution in [3.63, 3.8) is 0 Å². The summed E-state index contributed by atoms with van der Waals surface area (Å²) in [6.45, 7) is 2.17. The van der Waals surface area contributed by atoms with Gasteiger partial charge in [0.1, 0.15) is 5.75 Å². The first-order valence-electron chi connectivity index (χ1n) is 12.9. The molecule has 1 aliphatic rings. The van der Waals surface area contributed by atoms with Crippen LogP contribution in [0.5, 0.6) is 5.75 Å². The molecule has 1 aromatic heterocycles. The summed E-state index contributed by atoms with van der Waals surface area (Å²) in [6, 6.07) is 24.7. The van der Waals surface area contributed by atoms with Gasteiger partial charge in [0.05, 0.1) is 11.1 Å². The van der Waals surface area contributed by atoms with Gasteiger partial charge in [-0.1, -0.05) is 79.2 Å². The van der Waals surface area contributed by atoms with Gasteiger partial charge in [0.25, 0.3) is 5.56 Å². The van der Waals surface area contributed by atoms with Crippen LogP contribution >= 0.6 is 11.6 Å². The van der Waals surface area contributed by atoms with Gasteiger partial charge in [-0.15, -0.1) is 0 Å². The average Bonchev–Trinajstić information content (AvgIpc) is 2.92. The van der Waals surface area contributed by atoms with E-state index in [4.69, 9.17) is 22.1 Å². The second kappa shape index (κ2) is 10.5. The fraction of sp³-hybridized carbons (Fsp3) is 0.323. The number of pyridine rings is 1. The number of halogens is 1. The molecule has 3 N–H and O–H groups in total. The van der Waals surface area contributed by atoms with Gasteiger partial charge in [-0.2, -0.15) is 0 Å². The molecule has 4 nitrogen and oxygen atoms in total. The van der Waals surface area contributed by atoms with Crippen molar-refractivity contribution < 1.29 is 4.74 Å². The minimum atomic E-state index is -0.144. The first-order valence-corrected chi connectivity index (χ1v) is 13.2. The maximum Gasteiger partial charge on any atom is 0.255 e. The van der Waals surface area contributed by atoms with Crippen molar-refractivity contribution in [2.45, 2.75) is 63.0 Å². The van der Waals surface area contributed by atoms with Crippen LogP contribution in [-0.4, -0.2) is 17.1 Å². The maximum atomic E-state index is 12.6. The molecular formula is C31H33ClN2O2. The number of hydrogen-bond acceptors (Lipinski definition) is 3. The van der Waals surface area contributed by atoms with E-state index in [1.165, 1.54) is 11.1 Å². The highest BCUT2D eigenvalue weighted by atomic mass is 35.5. The van der Waals surface area contributed by atoms with Gasteiger partial charge in [-0.25, -0.2) is 0 Å². The van der Waals surface area contributed by atoms with Crippen molar-refractivity contribution in [2.75, 3.05) is 0 Å². The number of fused-ring (bicyclic) bond motifs is 1. The molecule has 1 saturated carbocycles. The molecule has 1 unspecified atom stereocenters. The number of ether oxygens (including phenoxy) is 1. The van der Waals surface area contributed by atoms with Crippen molar-refractivity contribution in [2.24, 2.45) is 5.73 Å². The Kier molecular flexibility index (Phi) is 7.17. The molecule has 5 heteroatoms. The topological polar surface area (TPSA) is 68.1 Å². The van der Waals surface area contributed by atoms with Crippen LogP contribution in [0.1, 0.15) is 55.7 Å². The third-order valence-electron chi connectivity index (χ3n) is 7.89. The number of H-pyrrole nitrogens is 1. The molecule has 3 aromatic carbocycles. The van der Waals surface area contributed by atoms with Crippen LogP contribution < -0.4 is 16.0 Å². The van der Waals surface area contributed by atoms with E-state index in [1.54, 1.807) is 12.3 Å². The van der Waals surface area contributed by atoms with E-state index in [9.17, 15) is 4.79 Å². The number of hydrogen-bond donors (Lipinski definition) is 2. The number of rotatable bonds is 7. The van der Waals surface area contributed by atoms with Crippen molar-refractivity contribution in [3.8, 4) is 5.75 Å². The third-order valence-corrected chi connectivity index (χ3v) is 8.19. The molecule has 1 fully saturated rings. The van der Waals surface area contributed by atoms with Crippen LogP contribution in [0.25, 0.3) is 10.8 Å². The summed E-state index contributed by atoms with van der Waals surface area (Å²) in [6.07, 6.45) is 7.27. The molecular weight excluding hydrogens is 468 g/mol. The van der Waals surface area contributed by atoms with E-state index in [0.717, 1.165) is 43.1 Å². The highest BCUT2D eigenvalue weighted by molar-refractivity contribution is 6.32. The molecule has 0 radical (unpaired) electrons. The molecule has 186 valence electrons. The molecule has 0 saturated heterocycles. The number of nitrogens with two attached hydrogens (primary N) is 1. The summed E-state index contributed by atoms with van der Waals surface area (Å²) in [4.78, 5) is 15.4. The number of benzene rings is 3. The zero-order valence-corrected chi connectivity index (χ0v) is 21.4. The van der Waals surface area contributed by atoms with Crippen LogP contribution in [0.2, 0.25) is 5.02 Å². The quantitative estimate of drug-likeness (QED) is 0.294. The Hall–Kier alpha value is -3.08. The molecule has 0 amide bonds. The zero-order valence-electron chi connectivity index (χ0n) is 20.7.